The molecule has 1 saturated carbocycles. The van der Waals surface area contributed by atoms with Crippen LogP contribution in [0.2, 0.25) is 5.02 Å². The number of fused-ring (bicyclic) bond motifs is 8. The normalized spacial score (nSPS) is 14.6. The van der Waals surface area contributed by atoms with Crippen LogP contribution in [0.3, 0.4) is 0 Å². The highest BCUT2D eigenvalue weighted by molar-refractivity contribution is 8.07. The average Bonchev–Trinajstić information content (AvgIpc) is 1.63. The van der Waals surface area contributed by atoms with Crippen LogP contribution < -0.4 is 26.3 Å². The van der Waals surface area contributed by atoms with Crippen molar-refractivity contribution in [3.63, 3.8) is 0 Å². The van der Waals surface area contributed by atoms with Crippen LogP contribution in [0.25, 0.3) is 27.5 Å². The number of nitrogens with zero attached hydrogens (tertiary/aromatic N) is 8. The van der Waals surface area contributed by atoms with Crippen molar-refractivity contribution < 1.29 is 71.2 Å². The summed E-state index contributed by atoms with van der Waals surface area (Å²) < 4.78 is 53.5. The second-order valence-electron chi connectivity index (χ2n) is 23.8. The number of anilines is 1. The summed E-state index contributed by atoms with van der Waals surface area (Å²) >= 11 is 12.9. The van der Waals surface area contributed by atoms with Crippen LogP contribution in [0.1, 0.15) is 115 Å². The van der Waals surface area contributed by atoms with Crippen LogP contribution in [-0.4, -0.2) is 189 Å². The lowest BCUT2D eigenvalue weighted by Crippen LogP contribution is -2.34. The molecule has 27 nitrogen and oxygen atoms in total. The number of hydrogen-bond donors (Lipinski definition) is 5. The molecule has 1 unspecified atom stereocenters. The topological polar surface area (TPSA) is 314 Å². The molecule has 31 heteroatoms. The molecule has 0 radical (unpaired) electrons. The molecule has 99 heavy (non-hydrogen) atoms. The molecule has 6 aromatic rings. The van der Waals surface area contributed by atoms with Gasteiger partial charge in [0.2, 0.25) is 29.5 Å². The molecule has 0 saturated heterocycles. The van der Waals surface area contributed by atoms with E-state index in [2.05, 4.69) is 55.8 Å². The van der Waals surface area contributed by atoms with E-state index in [1.165, 1.54) is 4.88 Å². The highest BCUT2D eigenvalue weighted by Crippen LogP contribution is 2.45. The largest absolute Gasteiger partial charge is 0.379 e. The molecule has 2 atom stereocenters. The van der Waals surface area contributed by atoms with Crippen molar-refractivity contribution in [2.24, 2.45) is 10.9 Å². The molecule has 5 N–H and O–H groups in total. The zero-order chi connectivity index (χ0) is 69.8. The van der Waals surface area contributed by atoms with Crippen LogP contribution in [0.15, 0.2) is 77.8 Å². The molecule has 5 amide bonds. The molecular weight excluding hydrogens is 1360 g/mol. The van der Waals surface area contributed by atoms with Gasteiger partial charge in [-0.2, -0.15) is 4.62 Å². The van der Waals surface area contributed by atoms with Gasteiger partial charge in [0.05, 0.1) is 129 Å². The Hall–Kier alpha value is -6.80. The Kier molecular flexibility index (Phi) is 30.9. The van der Waals surface area contributed by atoms with Gasteiger partial charge in [-0.1, -0.05) is 84.3 Å². The van der Waals surface area contributed by atoms with Crippen molar-refractivity contribution in [1.82, 2.24) is 51.2 Å². The van der Waals surface area contributed by atoms with Crippen molar-refractivity contribution in [3.05, 3.63) is 117 Å². The van der Waals surface area contributed by atoms with Crippen molar-refractivity contribution in [2.75, 3.05) is 124 Å². The monoisotopic (exact) mass is 1440 g/mol. The van der Waals surface area contributed by atoms with E-state index >= 15 is 0 Å². The first kappa shape index (κ1) is 76.4. The van der Waals surface area contributed by atoms with E-state index in [9.17, 15) is 28.9 Å². The van der Waals surface area contributed by atoms with Gasteiger partial charge in [0.15, 0.2) is 5.82 Å². The quantitative estimate of drug-likeness (QED) is 0.0138. The summed E-state index contributed by atoms with van der Waals surface area (Å²) in [5, 5.41) is 28.3. The van der Waals surface area contributed by atoms with Gasteiger partial charge in [-0.15, -0.1) is 26.6 Å². The Morgan fingerprint density at radius 2 is 1.25 bits per heavy atom. The molecule has 536 valence electrons. The van der Waals surface area contributed by atoms with Gasteiger partial charge >= 0.3 is 6.72 Å². The van der Waals surface area contributed by atoms with Gasteiger partial charge in [0, 0.05) is 84.0 Å². The van der Waals surface area contributed by atoms with Crippen molar-refractivity contribution >= 4 is 82.4 Å². The van der Waals surface area contributed by atoms with Crippen LogP contribution in [0, 0.1) is 26.7 Å². The Labute approximate surface area is 590 Å². The molecule has 3 aromatic heterocycles. The maximum atomic E-state index is 14.1. The first-order valence-corrected chi connectivity index (χ1v) is 37.5. The van der Waals surface area contributed by atoms with E-state index in [1.807, 2.05) is 89.0 Å². The molecule has 1 aliphatic carbocycles. The molecule has 9 rings (SSSR count). The molecule has 5 heterocycles. The summed E-state index contributed by atoms with van der Waals surface area (Å²) in [6.07, 6.45) is 5.56. The molecule has 0 spiro atoms. The first-order valence-electron chi connectivity index (χ1n) is 33.7. The Balaban J connectivity index is 0.538. The lowest BCUT2D eigenvalue weighted by Gasteiger charge is -2.28. The minimum Gasteiger partial charge on any atom is -0.379 e. The maximum Gasteiger partial charge on any atom is 0.346 e. The third kappa shape index (κ3) is 23.4. The van der Waals surface area contributed by atoms with Crippen molar-refractivity contribution in [2.45, 2.75) is 111 Å². The Bertz CT molecular complexity index is 3700. The minimum atomic E-state index is -3.56. The van der Waals surface area contributed by atoms with E-state index in [0.717, 1.165) is 74.9 Å². The number of para-hydroxylation sites is 1. The van der Waals surface area contributed by atoms with Gasteiger partial charge in [-0.25, -0.2) is 10.2 Å². The SMILES string of the molecule is Cc1sc2c(c1C)C(c1ccc(Cl)cc1)=N[C@@H](CC(=O)NCCOCCOCCOCCNC(=O)CCOCCOCCOCCOCCNC(=O)CCC(=O)N1Cc3ccccc3-c3nnn(CCCCCC(=O)NOP(O)(=S)OCC4CCC4)c3-c3ccccc31)c1nnc(C)n1-2. The smallest absolute Gasteiger partial charge is 0.346 e. The number of carbonyl (C=O) groups excluding carboxylic acids is 5. The van der Waals surface area contributed by atoms with E-state index in [-0.39, 0.29) is 82.0 Å². The number of nitrogens with one attached hydrogen (secondary N) is 4. The summed E-state index contributed by atoms with van der Waals surface area (Å²) in [6, 6.07) is 22.4. The molecule has 3 aromatic carbocycles. The number of carbonyl (C=O) groups is 5. The third-order valence-electron chi connectivity index (χ3n) is 16.7. The van der Waals surface area contributed by atoms with Crippen LogP contribution in [-0.2, 0) is 91.2 Å². The summed E-state index contributed by atoms with van der Waals surface area (Å²) in [7, 11) is 0. The summed E-state index contributed by atoms with van der Waals surface area (Å²) in [6.45, 7) is 9.21. The van der Waals surface area contributed by atoms with E-state index in [4.69, 9.17) is 70.7 Å². The van der Waals surface area contributed by atoms with E-state index in [0.29, 0.717) is 153 Å². The summed E-state index contributed by atoms with van der Waals surface area (Å²) in [5.41, 5.74) is 10.7. The fourth-order valence-electron chi connectivity index (χ4n) is 11.1. The van der Waals surface area contributed by atoms with E-state index in [1.54, 1.807) is 16.2 Å². The number of rotatable bonds is 44. The molecule has 0 bridgehead atoms. The van der Waals surface area contributed by atoms with Gasteiger partial charge in [-0.3, -0.25) is 33.5 Å². The highest BCUT2D eigenvalue weighted by Gasteiger charge is 2.34. The van der Waals surface area contributed by atoms with Gasteiger partial charge in [-0.05, 0) is 93.5 Å². The average molecular weight is 1450 g/mol. The first-order chi connectivity index (χ1) is 48.1. The lowest BCUT2D eigenvalue weighted by molar-refractivity contribution is -0.128. The van der Waals surface area contributed by atoms with Crippen LogP contribution in [0.5, 0.6) is 0 Å². The molecule has 2 aliphatic heterocycles. The van der Waals surface area contributed by atoms with Crippen molar-refractivity contribution in [1.29, 1.82) is 0 Å². The second-order valence-corrected chi connectivity index (χ2v) is 28.2. The minimum absolute atomic E-state index is 0.00979. The fourth-order valence-corrected chi connectivity index (χ4v) is 13.4. The number of hydroxylamine groups is 1. The van der Waals surface area contributed by atoms with Gasteiger partial charge in [0.25, 0.3) is 0 Å². The summed E-state index contributed by atoms with van der Waals surface area (Å²) in [4.78, 5) is 83.3. The Morgan fingerprint density at radius 3 is 1.90 bits per heavy atom. The zero-order valence-electron chi connectivity index (χ0n) is 56.4. The van der Waals surface area contributed by atoms with Crippen LogP contribution in [0.4, 0.5) is 5.69 Å². The molecular formula is C68H90ClN12O15PS2. The fraction of sp³-hybridized carbons (Fsp3) is 0.529. The van der Waals surface area contributed by atoms with Gasteiger partial charge in [0.1, 0.15) is 22.6 Å². The van der Waals surface area contributed by atoms with Gasteiger partial charge < -0.3 is 63.4 Å². The number of halogens is 1. The number of benzene rings is 3. The van der Waals surface area contributed by atoms with E-state index < -0.39 is 18.7 Å². The number of amides is 5. The highest BCUT2D eigenvalue weighted by atomic mass is 35.5. The number of aryl methyl sites for hydroxylation is 3. The predicted octanol–water partition coefficient (Wildman–Crippen LogP) is 7.94. The number of hydrogen-bond acceptors (Lipinski definition) is 21. The maximum absolute atomic E-state index is 14.1. The standard InChI is InChI=1S/C68H90ClN12O15PS2/c1-47-48(2)99-68-63(47)64(51-19-21-53(69)22-20-51)73-56(67-76-74-49(3)81(67)68)44-61(85)72-28-33-91-37-40-93-39-35-90-32-27-71-59(83)25-30-88-34-38-92-42-43-94-41-36-89-31-26-70-58(82)23-24-62(86)79-45-52-14-6-7-15-54(52)65-66(55-16-8-9-17-57(55)79)80(78-75-65)29-10-4-5-18-60(84)77-96-97(87,98)95-46-50-12-11-13-50/h6-9,14-17,19-22,50,56H,4-5,10-13,18,23-46H2,1-3H3,(H,70,82)(H,71,83)(H,72,85)(H,77,84)(H,87,98)/t56-,97?/m0/s1. The second kappa shape index (κ2) is 40.0. The summed E-state index contributed by atoms with van der Waals surface area (Å²) in [5.74, 6) is 0.502. The Morgan fingerprint density at radius 1 is 0.657 bits per heavy atom. The number of aromatic nitrogens is 6. The third-order valence-corrected chi connectivity index (χ3v) is 19.5. The van der Waals surface area contributed by atoms with Crippen molar-refractivity contribution in [3.8, 4) is 27.5 Å². The lowest BCUT2D eigenvalue weighted by atomic mass is 9.86. The number of ether oxygens (including phenoxy) is 7. The predicted molar refractivity (Wildman–Crippen MR) is 376 cm³/mol. The molecule has 1 fully saturated rings. The molecule has 3 aliphatic rings. The number of aliphatic imine (C=N–C) groups is 1. The van der Waals surface area contributed by atoms with Crippen LogP contribution >= 0.6 is 29.7 Å². The number of unbranched alkanes of at least 4 members (excludes halogenated alkanes) is 2. The zero-order valence-corrected chi connectivity index (χ0v) is 59.7. The number of thiophene rings is 1.